The average Bonchev–Trinajstić information content (AvgIpc) is 2.32. The summed E-state index contributed by atoms with van der Waals surface area (Å²) in [6.07, 6.45) is 0. The van der Waals surface area contributed by atoms with E-state index in [1.807, 2.05) is 30.3 Å². The Balaban J connectivity index is 0.000000293. The first kappa shape index (κ1) is 15.1. The maximum Gasteiger partial charge on any atom is 0.0713 e. The smallest absolute Gasteiger partial charge is 0.0713 e. The lowest BCUT2D eigenvalue weighted by Crippen LogP contribution is -2.03. The van der Waals surface area contributed by atoms with Crippen LogP contribution in [-0.2, 0) is 16.1 Å². The van der Waals surface area contributed by atoms with Gasteiger partial charge in [0.1, 0.15) is 0 Å². The summed E-state index contributed by atoms with van der Waals surface area (Å²) in [5.41, 5.74) is 1.22. The third kappa shape index (κ3) is 9.61. The molecule has 0 radical (unpaired) electrons. The number of methoxy groups -OCH3 is 1. The molecule has 1 aromatic rings. The largest absolute Gasteiger partial charge is 0.394 e. The van der Waals surface area contributed by atoms with Crippen molar-refractivity contribution in [3.8, 4) is 0 Å². The molecule has 0 heterocycles. The number of hydrogen-bond donors (Lipinski definition) is 2. The van der Waals surface area contributed by atoms with Crippen molar-refractivity contribution < 1.29 is 19.7 Å². The van der Waals surface area contributed by atoms with Gasteiger partial charge in [0.2, 0.25) is 0 Å². The summed E-state index contributed by atoms with van der Waals surface area (Å²) >= 11 is 0. The fourth-order valence-corrected chi connectivity index (χ4v) is 0.972. The molecule has 4 heteroatoms. The molecular formula is C12H20O4. The normalized spacial score (nSPS) is 9.44. The average molecular weight is 228 g/mol. The quantitative estimate of drug-likeness (QED) is 0.708. The Labute approximate surface area is 96.4 Å². The third-order valence-electron chi connectivity index (χ3n) is 1.63. The van der Waals surface area contributed by atoms with Gasteiger partial charge in [-0.3, -0.25) is 0 Å². The van der Waals surface area contributed by atoms with Gasteiger partial charge in [0.25, 0.3) is 0 Å². The van der Waals surface area contributed by atoms with Gasteiger partial charge in [0, 0.05) is 7.11 Å². The summed E-state index contributed by atoms with van der Waals surface area (Å²) < 4.78 is 9.56. The van der Waals surface area contributed by atoms with E-state index in [1.54, 1.807) is 7.11 Å². The second-order valence-electron chi connectivity index (χ2n) is 2.98. The van der Waals surface area contributed by atoms with E-state index in [4.69, 9.17) is 14.9 Å². The van der Waals surface area contributed by atoms with Crippen molar-refractivity contribution >= 4 is 0 Å². The standard InChI is InChI=1S/C8H10O.C4H10O3/c1-9-7-8-5-3-2-4-6-8;5-1-3-7-4-2-6/h2-6H,7H2,1H3;5-6H,1-4H2. The Kier molecular flexibility index (Phi) is 11.4. The molecule has 2 N–H and O–H groups in total. The summed E-state index contributed by atoms with van der Waals surface area (Å²) in [4.78, 5) is 0. The van der Waals surface area contributed by atoms with Gasteiger partial charge in [0.05, 0.1) is 33.0 Å². The maximum absolute atomic E-state index is 8.09. The van der Waals surface area contributed by atoms with E-state index < -0.39 is 0 Å². The zero-order valence-electron chi connectivity index (χ0n) is 9.63. The Bertz CT molecular complexity index is 222. The number of aliphatic hydroxyl groups excluding tert-OH is 2. The minimum Gasteiger partial charge on any atom is -0.394 e. The lowest BCUT2D eigenvalue weighted by atomic mass is 10.2. The summed E-state index contributed by atoms with van der Waals surface area (Å²) in [5, 5.41) is 16.2. The zero-order chi connectivity index (χ0) is 12.1. The van der Waals surface area contributed by atoms with Crippen LogP contribution in [0.4, 0.5) is 0 Å². The Morgan fingerprint density at radius 1 is 1.00 bits per heavy atom. The predicted octanol–water partition coefficient (Wildman–Crippen LogP) is 0.821. The molecule has 16 heavy (non-hydrogen) atoms. The molecule has 0 aliphatic rings. The van der Waals surface area contributed by atoms with Gasteiger partial charge in [-0.05, 0) is 5.56 Å². The van der Waals surface area contributed by atoms with Crippen LogP contribution in [0.15, 0.2) is 30.3 Å². The van der Waals surface area contributed by atoms with E-state index in [9.17, 15) is 0 Å². The van der Waals surface area contributed by atoms with Gasteiger partial charge in [-0.15, -0.1) is 0 Å². The van der Waals surface area contributed by atoms with E-state index >= 15 is 0 Å². The van der Waals surface area contributed by atoms with Crippen molar-refractivity contribution in [2.24, 2.45) is 0 Å². The van der Waals surface area contributed by atoms with Crippen molar-refractivity contribution in [3.05, 3.63) is 35.9 Å². The van der Waals surface area contributed by atoms with Crippen LogP contribution in [0.3, 0.4) is 0 Å². The second kappa shape index (κ2) is 12.1. The van der Waals surface area contributed by atoms with E-state index in [1.165, 1.54) is 5.56 Å². The van der Waals surface area contributed by atoms with Crippen molar-refractivity contribution in [3.63, 3.8) is 0 Å². The van der Waals surface area contributed by atoms with Gasteiger partial charge >= 0.3 is 0 Å². The minimum atomic E-state index is 0.0278. The molecule has 0 saturated heterocycles. The summed E-state index contributed by atoms with van der Waals surface area (Å²) in [7, 11) is 1.70. The number of ether oxygens (including phenoxy) is 2. The molecule has 0 fully saturated rings. The van der Waals surface area contributed by atoms with Crippen molar-refractivity contribution in [1.82, 2.24) is 0 Å². The molecule has 0 aliphatic heterocycles. The molecule has 0 aromatic heterocycles. The fraction of sp³-hybridized carbons (Fsp3) is 0.500. The molecular weight excluding hydrogens is 208 g/mol. The van der Waals surface area contributed by atoms with Crippen LogP contribution in [0, 0.1) is 0 Å². The van der Waals surface area contributed by atoms with Crippen LogP contribution >= 0.6 is 0 Å². The van der Waals surface area contributed by atoms with E-state index in [2.05, 4.69) is 4.74 Å². The molecule has 1 rings (SSSR count). The molecule has 0 spiro atoms. The SMILES string of the molecule is COCc1ccccc1.OCCOCCO. The van der Waals surface area contributed by atoms with Crippen LogP contribution in [0.5, 0.6) is 0 Å². The molecule has 0 bridgehead atoms. The lowest BCUT2D eigenvalue weighted by Gasteiger charge is -1.95. The van der Waals surface area contributed by atoms with Gasteiger partial charge in [-0.1, -0.05) is 30.3 Å². The predicted molar refractivity (Wildman–Crippen MR) is 62.1 cm³/mol. The fourth-order valence-electron chi connectivity index (χ4n) is 0.972. The molecule has 4 nitrogen and oxygen atoms in total. The first-order valence-corrected chi connectivity index (χ1v) is 5.17. The summed E-state index contributed by atoms with van der Waals surface area (Å²) in [6, 6.07) is 10.1. The lowest BCUT2D eigenvalue weighted by molar-refractivity contribution is 0.0650. The number of rotatable bonds is 6. The monoisotopic (exact) mass is 228 g/mol. The van der Waals surface area contributed by atoms with Crippen LogP contribution in [0.1, 0.15) is 5.56 Å². The van der Waals surface area contributed by atoms with Crippen molar-refractivity contribution in [2.75, 3.05) is 33.5 Å². The summed E-state index contributed by atoms with van der Waals surface area (Å²) in [6.45, 7) is 1.40. The summed E-state index contributed by atoms with van der Waals surface area (Å²) in [5.74, 6) is 0. The topological polar surface area (TPSA) is 58.9 Å². The van der Waals surface area contributed by atoms with Gasteiger partial charge in [-0.25, -0.2) is 0 Å². The van der Waals surface area contributed by atoms with Crippen molar-refractivity contribution in [2.45, 2.75) is 6.61 Å². The Morgan fingerprint density at radius 3 is 2.00 bits per heavy atom. The van der Waals surface area contributed by atoms with E-state index in [0.29, 0.717) is 19.8 Å². The molecule has 0 aliphatic carbocycles. The molecule has 92 valence electrons. The number of aliphatic hydroxyl groups is 2. The van der Waals surface area contributed by atoms with E-state index in [0.717, 1.165) is 0 Å². The molecule has 1 aromatic carbocycles. The minimum absolute atomic E-state index is 0.0278. The third-order valence-corrected chi connectivity index (χ3v) is 1.63. The highest BCUT2D eigenvalue weighted by Crippen LogP contribution is 1.98. The molecule has 0 amide bonds. The van der Waals surface area contributed by atoms with Crippen LogP contribution < -0.4 is 0 Å². The highest BCUT2D eigenvalue weighted by molar-refractivity contribution is 5.13. The van der Waals surface area contributed by atoms with Gasteiger partial charge < -0.3 is 19.7 Å². The zero-order valence-corrected chi connectivity index (χ0v) is 9.63. The van der Waals surface area contributed by atoms with Crippen LogP contribution in [0.2, 0.25) is 0 Å². The van der Waals surface area contributed by atoms with E-state index in [-0.39, 0.29) is 13.2 Å². The first-order chi connectivity index (χ1) is 7.85. The maximum atomic E-state index is 8.09. The van der Waals surface area contributed by atoms with Gasteiger partial charge in [-0.2, -0.15) is 0 Å². The Hall–Kier alpha value is -0.940. The number of benzene rings is 1. The van der Waals surface area contributed by atoms with Gasteiger partial charge in [0.15, 0.2) is 0 Å². The second-order valence-corrected chi connectivity index (χ2v) is 2.98. The van der Waals surface area contributed by atoms with Crippen molar-refractivity contribution in [1.29, 1.82) is 0 Å². The van der Waals surface area contributed by atoms with Crippen LogP contribution in [0.25, 0.3) is 0 Å². The number of hydrogen-bond acceptors (Lipinski definition) is 4. The van der Waals surface area contributed by atoms with Crippen LogP contribution in [-0.4, -0.2) is 43.8 Å². The highest BCUT2D eigenvalue weighted by atomic mass is 16.5. The Morgan fingerprint density at radius 2 is 1.56 bits per heavy atom. The first-order valence-electron chi connectivity index (χ1n) is 5.17. The molecule has 0 atom stereocenters. The highest BCUT2D eigenvalue weighted by Gasteiger charge is 1.84. The molecule has 0 unspecified atom stereocenters. The molecule has 0 saturated carbocycles.